The van der Waals surface area contributed by atoms with Crippen LogP contribution in [0, 0.1) is 46.7 Å². The Morgan fingerprint density at radius 2 is 1.41 bits per heavy atom. The Balaban J connectivity index is 1.86. The van der Waals surface area contributed by atoms with Crippen molar-refractivity contribution < 1.29 is 39.9 Å². The van der Waals surface area contributed by atoms with E-state index in [1.165, 1.54) is 6.07 Å². The van der Waals surface area contributed by atoms with Crippen LogP contribution in [-0.2, 0) is 12.5 Å². The van der Waals surface area contributed by atoms with E-state index in [1.807, 2.05) is 5.92 Å². The molecule has 34 heavy (non-hydrogen) atoms. The molecule has 0 aliphatic carbocycles. The molecule has 0 aliphatic heterocycles. The Hall–Kier alpha value is -3.80. The van der Waals surface area contributed by atoms with Gasteiger partial charge in [0.15, 0.2) is 17.5 Å². The molecule has 3 rings (SSSR count). The highest BCUT2D eigenvalue weighted by Gasteiger charge is 2.38. The van der Waals surface area contributed by atoms with E-state index >= 15 is 0 Å². The fourth-order valence-corrected chi connectivity index (χ4v) is 2.91. The van der Waals surface area contributed by atoms with E-state index in [9.17, 15) is 35.1 Å². The van der Waals surface area contributed by atoms with Gasteiger partial charge in [0, 0.05) is 17.7 Å². The summed E-state index contributed by atoms with van der Waals surface area (Å²) in [5, 5.41) is 0. The second kappa shape index (κ2) is 10.00. The first-order valence-electron chi connectivity index (χ1n) is 9.64. The molecule has 0 aromatic heterocycles. The zero-order valence-corrected chi connectivity index (χ0v) is 17.2. The number of rotatable bonds is 6. The molecule has 0 atom stereocenters. The Labute approximate surface area is 189 Å². The van der Waals surface area contributed by atoms with Crippen LogP contribution in [0.1, 0.15) is 28.7 Å². The van der Waals surface area contributed by atoms with Gasteiger partial charge < -0.3 is 4.74 Å². The van der Waals surface area contributed by atoms with E-state index in [0.29, 0.717) is 42.7 Å². The molecule has 0 amide bonds. The molecular formula is C25H14F8O. The van der Waals surface area contributed by atoms with Crippen molar-refractivity contribution in [3.63, 3.8) is 0 Å². The summed E-state index contributed by atoms with van der Waals surface area (Å²) in [6.07, 6.45) is -1.80. The van der Waals surface area contributed by atoms with Crippen molar-refractivity contribution in [1.29, 1.82) is 0 Å². The molecule has 0 heterocycles. The van der Waals surface area contributed by atoms with Crippen molar-refractivity contribution in [2.75, 3.05) is 0 Å². The smallest absolute Gasteiger partial charge is 0.429 e. The van der Waals surface area contributed by atoms with E-state index in [0.717, 1.165) is 12.1 Å². The zero-order valence-electron chi connectivity index (χ0n) is 17.2. The SMILES string of the molecule is C=CCCc1ccc(C(F)(F)Oc2cc(F)c(C#Cc3cc(F)c(F)c(F)c3)c(F)c2)c(F)c1. The topological polar surface area (TPSA) is 9.23 Å². The number of hydrogen-bond acceptors (Lipinski definition) is 1. The molecule has 1 nitrogen and oxygen atoms in total. The zero-order chi connectivity index (χ0) is 25.0. The number of halogens is 8. The predicted octanol–water partition coefficient (Wildman–Crippen LogP) is 7.17. The van der Waals surface area contributed by atoms with Gasteiger partial charge in [-0.2, -0.15) is 8.78 Å². The van der Waals surface area contributed by atoms with Gasteiger partial charge in [0.05, 0.1) is 11.1 Å². The van der Waals surface area contributed by atoms with Crippen molar-refractivity contribution in [3.8, 4) is 17.6 Å². The number of alkyl halides is 2. The first-order valence-corrected chi connectivity index (χ1v) is 9.64. The highest BCUT2D eigenvalue weighted by Crippen LogP contribution is 2.34. The second-order valence-corrected chi connectivity index (χ2v) is 7.03. The van der Waals surface area contributed by atoms with Crippen LogP contribution in [0.5, 0.6) is 5.75 Å². The molecule has 3 aromatic carbocycles. The fraction of sp³-hybridized carbons (Fsp3) is 0.120. The summed E-state index contributed by atoms with van der Waals surface area (Å²) in [7, 11) is 0. The van der Waals surface area contributed by atoms with Gasteiger partial charge in [-0.05, 0) is 42.7 Å². The first kappa shape index (κ1) is 24.8. The average molecular weight is 482 g/mol. The molecule has 0 unspecified atom stereocenters. The van der Waals surface area contributed by atoms with Crippen LogP contribution in [0.3, 0.4) is 0 Å². The summed E-state index contributed by atoms with van der Waals surface area (Å²) < 4.78 is 116. The van der Waals surface area contributed by atoms with Crippen molar-refractivity contribution >= 4 is 0 Å². The standard InChI is InChI=1S/C25H14F8O/c1-2-3-4-14-6-8-18(21(28)9-14)25(32,33)34-16-12-19(26)17(20(27)13-16)7-5-15-10-22(29)24(31)23(30)11-15/h2,6,8-13H,1,3-4H2. The number of hydrogen-bond donors (Lipinski definition) is 0. The van der Waals surface area contributed by atoms with Crippen LogP contribution >= 0.6 is 0 Å². The average Bonchev–Trinajstić information content (AvgIpc) is 2.74. The van der Waals surface area contributed by atoms with Gasteiger partial charge in [-0.25, -0.2) is 26.3 Å². The Morgan fingerprint density at radius 3 is 1.97 bits per heavy atom. The van der Waals surface area contributed by atoms with Crippen molar-refractivity contribution in [2.24, 2.45) is 0 Å². The van der Waals surface area contributed by atoms with Crippen LogP contribution in [0.4, 0.5) is 35.1 Å². The minimum absolute atomic E-state index is 0.378. The molecule has 9 heteroatoms. The van der Waals surface area contributed by atoms with E-state index in [2.05, 4.69) is 17.2 Å². The molecule has 0 bridgehead atoms. The molecule has 0 saturated heterocycles. The van der Waals surface area contributed by atoms with Crippen LogP contribution in [-0.4, -0.2) is 0 Å². The van der Waals surface area contributed by atoms with Gasteiger partial charge >= 0.3 is 6.11 Å². The number of ether oxygens (including phenoxy) is 1. The third-order valence-corrected chi connectivity index (χ3v) is 4.56. The van der Waals surface area contributed by atoms with Crippen LogP contribution in [0.15, 0.2) is 55.1 Å². The molecule has 0 N–H and O–H groups in total. The summed E-state index contributed by atoms with van der Waals surface area (Å²) in [6.45, 7) is 3.51. The maximum absolute atomic E-state index is 14.5. The third-order valence-electron chi connectivity index (χ3n) is 4.56. The summed E-state index contributed by atoms with van der Waals surface area (Å²) in [6, 6.07) is 4.78. The highest BCUT2D eigenvalue weighted by atomic mass is 19.3. The maximum Gasteiger partial charge on any atom is 0.429 e. The predicted molar refractivity (Wildman–Crippen MR) is 108 cm³/mol. The lowest BCUT2D eigenvalue weighted by Gasteiger charge is -2.19. The summed E-state index contributed by atoms with van der Waals surface area (Å²) in [5.74, 6) is -5.94. The number of aryl methyl sites for hydroxylation is 1. The highest BCUT2D eigenvalue weighted by molar-refractivity contribution is 5.46. The Morgan fingerprint density at radius 1 is 0.794 bits per heavy atom. The summed E-state index contributed by atoms with van der Waals surface area (Å²) in [4.78, 5) is 0. The van der Waals surface area contributed by atoms with Gasteiger partial charge in [-0.3, -0.25) is 0 Å². The van der Waals surface area contributed by atoms with Gasteiger partial charge in [0.2, 0.25) is 0 Å². The largest absolute Gasteiger partial charge is 0.429 e. The third kappa shape index (κ3) is 5.57. The summed E-state index contributed by atoms with van der Waals surface area (Å²) in [5.41, 5.74) is -2.04. The Kier molecular flexibility index (Phi) is 7.30. The van der Waals surface area contributed by atoms with Gasteiger partial charge in [0.25, 0.3) is 0 Å². The monoisotopic (exact) mass is 482 g/mol. The number of benzene rings is 3. The van der Waals surface area contributed by atoms with Crippen molar-refractivity contribution in [3.05, 3.63) is 112 Å². The lowest BCUT2D eigenvalue weighted by Crippen LogP contribution is -2.23. The van der Waals surface area contributed by atoms with E-state index < -0.39 is 63.5 Å². The van der Waals surface area contributed by atoms with E-state index in [4.69, 9.17) is 0 Å². The molecule has 0 spiro atoms. The molecule has 0 saturated carbocycles. The van der Waals surface area contributed by atoms with Gasteiger partial charge in [-0.15, -0.1) is 6.58 Å². The minimum atomic E-state index is -4.27. The quantitative estimate of drug-likeness (QED) is 0.157. The lowest BCUT2D eigenvalue weighted by molar-refractivity contribution is -0.187. The Bertz CT molecular complexity index is 1260. The molecule has 0 aliphatic rings. The van der Waals surface area contributed by atoms with E-state index in [-0.39, 0.29) is 0 Å². The van der Waals surface area contributed by atoms with Crippen molar-refractivity contribution in [2.45, 2.75) is 19.0 Å². The van der Waals surface area contributed by atoms with Gasteiger partial charge in [0.1, 0.15) is 23.2 Å². The summed E-state index contributed by atoms with van der Waals surface area (Å²) >= 11 is 0. The molecule has 0 fully saturated rings. The minimum Gasteiger partial charge on any atom is -0.429 e. The van der Waals surface area contributed by atoms with Gasteiger partial charge in [-0.1, -0.05) is 24.0 Å². The molecule has 0 radical (unpaired) electrons. The molecular weight excluding hydrogens is 468 g/mol. The van der Waals surface area contributed by atoms with Crippen LogP contribution in [0.2, 0.25) is 0 Å². The maximum atomic E-state index is 14.5. The first-order chi connectivity index (χ1) is 16.0. The van der Waals surface area contributed by atoms with Crippen LogP contribution < -0.4 is 4.74 Å². The molecule has 3 aromatic rings. The van der Waals surface area contributed by atoms with E-state index in [1.54, 1.807) is 6.08 Å². The van der Waals surface area contributed by atoms with Crippen molar-refractivity contribution in [1.82, 2.24) is 0 Å². The normalized spacial score (nSPS) is 11.1. The second-order valence-electron chi connectivity index (χ2n) is 7.03. The lowest BCUT2D eigenvalue weighted by atomic mass is 10.1. The van der Waals surface area contributed by atoms with Crippen LogP contribution in [0.25, 0.3) is 0 Å². The fourth-order valence-electron chi connectivity index (χ4n) is 2.91. The molecule has 176 valence electrons. The number of allylic oxidation sites excluding steroid dienone is 1.